The summed E-state index contributed by atoms with van der Waals surface area (Å²) in [6, 6.07) is 11.9. The summed E-state index contributed by atoms with van der Waals surface area (Å²) in [4.78, 5) is 0. The Bertz CT molecular complexity index is 316. The van der Waals surface area contributed by atoms with Gasteiger partial charge >= 0.3 is 0 Å². The van der Waals surface area contributed by atoms with Gasteiger partial charge in [-0.2, -0.15) is 5.10 Å². The fourth-order valence-electron chi connectivity index (χ4n) is 1.00. The van der Waals surface area contributed by atoms with Crippen molar-refractivity contribution in [2.45, 2.75) is 0 Å². The third-order valence-corrected chi connectivity index (χ3v) is 1.53. The molecule has 2 aromatic rings. The quantitative estimate of drug-likeness (QED) is 0.729. The highest BCUT2D eigenvalue weighted by atomic mass is 127. The van der Waals surface area contributed by atoms with Crippen LogP contribution in [0.4, 0.5) is 0 Å². The Morgan fingerprint density at radius 1 is 1.00 bits per heavy atom. The summed E-state index contributed by atoms with van der Waals surface area (Å²) >= 11 is 0. The van der Waals surface area contributed by atoms with E-state index in [0.29, 0.717) is 0 Å². The zero-order valence-electron chi connectivity index (χ0n) is 6.42. The molecule has 0 aliphatic carbocycles. The first-order valence-corrected chi connectivity index (χ1v) is 3.52. The van der Waals surface area contributed by atoms with Gasteiger partial charge in [0, 0.05) is 12.4 Å². The van der Waals surface area contributed by atoms with E-state index in [0.717, 1.165) is 5.69 Å². The molecule has 0 atom stereocenters. The average Bonchev–Trinajstić information content (AvgIpc) is 2.58. The lowest BCUT2D eigenvalue weighted by Crippen LogP contribution is -1.91. The molecule has 0 amide bonds. The van der Waals surface area contributed by atoms with Crippen LogP contribution in [0.3, 0.4) is 0 Å². The standard InChI is InChI=1S/C9H8N2.HI/c1-2-5-9(6-3-1)11-8-4-7-10-11;/h1-8H;1H. The van der Waals surface area contributed by atoms with Crippen molar-refractivity contribution in [1.82, 2.24) is 9.78 Å². The second-order valence-electron chi connectivity index (χ2n) is 2.29. The summed E-state index contributed by atoms with van der Waals surface area (Å²) in [5.41, 5.74) is 1.09. The van der Waals surface area contributed by atoms with Gasteiger partial charge in [0.1, 0.15) is 0 Å². The predicted octanol–water partition coefficient (Wildman–Crippen LogP) is 2.49. The van der Waals surface area contributed by atoms with E-state index in [1.807, 2.05) is 47.3 Å². The highest BCUT2D eigenvalue weighted by Gasteiger charge is 1.90. The maximum Gasteiger partial charge on any atom is 0.0645 e. The molecule has 0 saturated heterocycles. The monoisotopic (exact) mass is 272 g/mol. The zero-order valence-corrected chi connectivity index (χ0v) is 8.75. The van der Waals surface area contributed by atoms with Crippen LogP contribution < -0.4 is 0 Å². The van der Waals surface area contributed by atoms with Crippen LogP contribution in [0.1, 0.15) is 0 Å². The molecule has 1 aromatic heterocycles. The summed E-state index contributed by atoms with van der Waals surface area (Å²) in [5, 5.41) is 4.10. The Labute approximate surface area is 88.2 Å². The minimum absolute atomic E-state index is 0. The lowest BCUT2D eigenvalue weighted by molar-refractivity contribution is 0.880. The summed E-state index contributed by atoms with van der Waals surface area (Å²) in [7, 11) is 0. The van der Waals surface area contributed by atoms with Gasteiger partial charge in [-0.25, -0.2) is 4.68 Å². The fourth-order valence-corrected chi connectivity index (χ4v) is 1.00. The van der Waals surface area contributed by atoms with Crippen LogP contribution in [0.2, 0.25) is 0 Å². The van der Waals surface area contributed by atoms with Crippen LogP contribution in [0, 0.1) is 0 Å². The highest BCUT2D eigenvalue weighted by Crippen LogP contribution is 2.03. The predicted molar refractivity (Wildman–Crippen MR) is 59.0 cm³/mol. The minimum Gasteiger partial charge on any atom is -0.241 e. The van der Waals surface area contributed by atoms with Gasteiger partial charge in [0.25, 0.3) is 0 Å². The third-order valence-electron chi connectivity index (χ3n) is 1.53. The summed E-state index contributed by atoms with van der Waals surface area (Å²) in [6.07, 6.45) is 3.70. The van der Waals surface area contributed by atoms with Gasteiger partial charge < -0.3 is 0 Å². The number of halogens is 1. The third kappa shape index (κ3) is 1.85. The van der Waals surface area contributed by atoms with Gasteiger partial charge in [0.05, 0.1) is 5.69 Å². The van der Waals surface area contributed by atoms with Crippen LogP contribution in [0.5, 0.6) is 0 Å². The van der Waals surface area contributed by atoms with Crippen molar-refractivity contribution < 1.29 is 0 Å². The lowest BCUT2D eigenvalue weighted by atomic mass is 10.3. The molecule has 3 heteroatoms. The van der Waals surface area contributed by atoms with Gasteiger partial charge in [-0.15, -0.1) is 24.0 Å². The number of hydrogen-bond donors (Lipinski definition) is 0. The van der Waals surface area contributed by atoms with E-state index < -0.39 is 0 Å². The maximum atomic E-state index is 4.10. The van der Waals surface area contributed by atoms with Crippen molar-refractivity contribution in [3.05, 3.63) is 48.8 Å². The van der Waals surface area contributed by atoms with Gasteiger partial charge in [-0.05, 0) is 18.2 Å². The van der Waals surface area contributed by atoms with Crippen molar-refractivity contribution in [2.24, 2.45) is 0 Å². The van der Waals surface area contributed by atoms with Crippen molar-refractivity contribution >= 4 is 24.0 Å². The van der Waals surface area contributed by atoms with Crippen LogP contribution in [-0.2, 0) is 0 Å². The first kappa shape index (κ1) is 9.25. The summed E-state index contributed by atoms with van der Waals surface area (Å²) < 4.78 is 1.83. The zero-order chi connectivity index (χ0) is 7.52. The number of aromatic nitrogens is 2. The van der Waals surface area contributed by atoms with Crippen molar-refractivity contribution in [3.8, 4) is 5.69 Å². The van der Waals surface area contributed by atoms with Crippen LogP contribution >= 0.6 is 24.0 Å². The van der Waals surface area contributed by atoms with Crippen molar-refractivity contribution in [2.75, 3.05) is 0 Å². The maximum absolute atomic E-state index is 4.10. The Balaban J connectivity index is 0.000000720. The molecule has 0 spiro atoms. The molecule has 0 N–H and O–H groups in total. The van der Waals surface area contributed by atoms with Crippen LogP contribution in [0.15, 0.2) is 48.8 Å². The smallest absolute Gasteiger partial charge is 0.0645 e. The van der Waals surface area contributed by atoms with E-state index in [1.54, 1.807) is 6.20 Å². The molecule has 0 fully saturated rings. The van der Waals surface area contributed by atoms with Crippen LogP contribution in [0.25, 0.3) is 5.69 Å². The van der Waals surface area contributed by atoms with Crippen molar-refractivity contribution in [3.63, 3.8) is 0 Å². The topological polar surface area (TPSA) is 17.8 Å². The number of rotatable bonds is 1. The van der Waals surface area contributed by atoms with E-state index in [2.05, 4.69) is 5.10 Å². The molecule has 0 bridgehead atoms. The largest absolute Gasteiger partial charge is 0.241 e. The van der Waals surface area contributed by atoms with E-state index in [4.69, 9.17) is 0 Å². The molecule has 0 aliphatic rings. The fraction of sp³-hybridized carbons (Fsp3) is 0. The number of hydrogen-bond acceptors (Lipinski definition) is 1. The molecule has 2 nitrogen and oxygen atoms in total. The molecule has 1 aromatic carbocycles. The average molecular weight is 272 g/mol. The van der Waals surface area contributed by atoms with Gasteiger partial charge in [0.2, 0.25) is 0 Å². The molecule has 62 valence electrons. The molecule has 1 heterocycles. The van der Waals surface area contributed by atoms with Crippen LogP contribution in [-0.4, -0.2) is 9.78 Å². The molecule has 2 rings (SSSR count). The summed E-state index contributed by atoms with van der Waals surface area (Å²) in [6.45, 7) is 0. The normalized spacial score (nSPS) is 9.00. The van der Waals surface area contributed by atoms with Crippen molar-refractivity contribution in [1.29, 1.82) is 0 Å². The van der Waals surface area contributed by atoms with E-state index in [1.165, 1.54) is 0 Å². The SMILES string of the molecule is I.c1ccc(-n2cccn2)cc1. The molecular weight excluding hydrogens is 263 g/mol. The first-order valence-electron chi connectivity index (χ1n) is 3.52. The number of nitrogens with zero attached hydrogens (tertiary/aromatic N) is 2. The van der Waals surface area contributed by atoms with Gasteiger partial charge in [-0.3, -0.25) is 0 Å². The molecule has 12 heavy (non-hydrogen) atoms. The molecule has 0 unspecified atom stereocenters. The Morgan fingerprint density at radius 2 is 1.75 bits per heavy atom. The molecular formula is C9H9IN2. The van der Waals surface area contributed by atoms with E-state index in [-0.39, 0.29) is 24.0 Å². The lowest BCUT2D eigenvalue weighted by Gasteiger charge is -1.97. The highest BCUT2D eigenvalue weighted by molar-refractivity contribution is 14.0. The second kappa shape index (κ2) is 4.25. The number of benzene rings is 1. The molecule has 0 saturated carbocycles. The molecule has 0 aliphatic heterocycles. The van der Waals surface area contributed by atoms with Gasteiger partial charge in [0.15, 0.2) is 0 Å². The van der Waals surface area contributed by atoms with Gasteiger partial charge in [-0.1, -0.05) is 18.2 Å². The Kier molecular flexibility index (Phi) is 3.28. The summed E-state index contributed by atoms with van der Waals surface area (Å²) in [5.74, 6) is 0. The first-order chi connectivity index (χ1) is 5.47. The number of para-hydroxylation sites is 1. The Morgan fingerprint density at radius 3 is 2.33 bits per heavy atom. The molecule has 0 radical (unpaired) electrons. The second-order valence-corrected chi connectivity index (χ2v) is 2.29. The Hall–Kier alpha value is -0.840. The van der Waals surface area contributed by atoms with E-state index in [9.17, 15) is 0 Å². The minimum atomic E-state index is 0. The van der Waals surface area contributed by atoms with E-state index >= 15 is 0 Å².